The highest BCUT2D eigenvalue weighted by molar-refractivity contribution is 7.98. The van der Waals surface area contributed by atoms with Crippen LogP contribution in [-0.2, 0) is 9.53 Å². The molecule has 5 atom stereocenters. The summed E-state index contributed by atoms with van der Waals surface area (Å²) in [6.45, 7) is 2.35. The van der Waals surface area contributed by atoms with E-state index in [1.54, 1.807) is 13.2 Å². The summed E-state index contributed by atoms with van der Waals surface area (Å²) in [6, 6.07) is -0.977. The molecule has 1 aromatic heterocycles. The highest BCUT2D eigenvalue weighted by Crippen LogP contribution is 2.30. The Hall–Kier alpha value is -1.46. The third kappa shape index (κ3) is 3.62. The summed E-state index contributed by atoms with van der Waals surface area (Å²) in [5.74, 6) is -0.418. The van der Waals surface area contributed by atoms with Gasteiger partial charge in [0.1, 0.15) is 24.4 Å². The Balaban J connectivity index is 2.52. The Bertz CT molecular complexity index is 666. The molecule has 1 amide bonds. The van der Waals surface area contributed by atoms with Gasteiger partial charge in [-0.15, -0.1) is 0 Å². The lowest BCUT2D eigenvalue weighted by molar-refractivity contribution is -0.218. The molecule has 2 rings (SSSR count). The predicted octanol–water partition coefficient (Wildman–Crippen LogP) is -1.61. The number of hydrogen-bond donors (Lipinski definition) is 4. The van der Waals surface area contributed by atoms with Crippen molar-refractivity contribution in [1.29, 1.82) is 0 Å². The Morgan fingerprint density at radius 3 is 2.67 bits per heavy atom. The van der Waals surface area contributed by atoms with Gasteiger partial charge in [-0.05, 0) is 13.2 Å². The van der Waals surface area contributed by atoms with Crippen molar-refractivity contribution in [2.45, 2.75) is 49.6 Å². The van der Waals surface area contributed by atoms with Gasteiger partial charge in [0.2, 0.25) is 5.91 Å². The highest BCUT2D eigenvalue weighted by Gasteiger charge is 2.45. The molecule has 134 valence electrons. The van der Waals surface area contributed by atoms with E-state index in [-0.39, 0.29) is 5.56 Å². The zero-order chi connectivity index (χ0) is 18.0. The minimum Gasteiger partial charge on any atom is -0.394 e. The Morgan fingerprint density at radius 2 is 2.12 bits per heavy atom. The average molecular weight is 359 g/mol. The van der Waals surface area contributed by atoms with Crippen LogP contribution in [0.5, 0.6) is 0 Å². The fourth-order valence-electron chi connectivity index (χ4n) is 2.61. The van der Waals surface area contributed by atoms with Gasteiger partial charge in [0.05, 0.1) is 6.61 Å². The van der Waals surface area contributed by atoms with E-state index in [0.717, 1.165) is 0 Å². The second kappa shape index (κ2) is 7.62. The number of nitrogens with zero attached hydrogens (tertiary/aromatic N) is 2. The lowest BCUT2D eigenvalue weighted by Gasteiger charge is -2.43. The second-order valence-corrected chi connectivity index (χ2v) is 6.35. The molecule has 10 heteroatoms. The highest BCUT2D eigenvalue weighted by atomic mass is 32.2. The van der Waals surface area contributed by atoms with Crippen LogP contribution in [0.1, 0.15) is 18.7 Å². The van der Waals surface area contributed by atoms with Crippen molar-refractivity contribution in [3.05, 3.63) is 22.1 Å². The van der Waals surface area contributed by atoms with Gasteiger partial charge in [-0.2, -0.15) is 4.98 Å². The van der Waals surface area contributed by atoms with Crippen LogP contribution in [0.3, 0.4) is 0 Å². The van der Waals surface area contributed by atoms with Crippen LogP contribution in [0.15, 0.2) is 16.1 Å². The van der Waals surface area contributed by atoms with Crippen LogP contribution >= 0.6 is 11.8 Å². The standard InChI is InChI=1S/C14H21N3O6S/c1-6-4-17(14(24-3)16-12(6)22)13-9(15-7(2)19)11(21)10(20)8(5-18)23-13/h4,8-11,13,18,20-21H,5H2,1-3H3,(H,15,19)/t8-,9-,10-,11-,13-/m1/s1. The van der Waals surface area contributed by atoms with Crippen molar-refractivity contribution in [2.24, 2.45) is 0 Å². The fourth-order valence-corrected chi connectivity index (χ4v) is 3.15. The normalized spacial score (nSPS) is 30.2. The minimum atomic E-state index is -1.37. The zero-order valence-corrected chi connectivity index (χ0v) is 14.4. The van der Waals surface area contributed by atoms with E-state index < -0.39 is 43.1 Å². The van der Waals surface area contributed by atoms with Crippen LogP contribution in [0.2, 0.25) is 0 Å². The van der Waals surface area contributed by atoms with Gasteiger partial charge < -0.3 is 25.4 Å². The van der Waals surface area contributed by atoms with Crippen LogP contribution in [-0.4, -0.2) is 68.0 Å². The largest absolute Gasteiger partial charge is 0.394 e. The van der Waals surface area contributed by atoms with Crippen molar-refractivity contribution in [2.75, 3.05) is 12.9 Å². The summed E-state index contributed by atoms with van der Waals surface area (Å²) in [4.78, 5) is 27.2. The summed E-state index contributed by atoms with van der Waals surface area (Å²) in [5, 5.41) is 32.6. The van der Waals surface area contributed by atoms with Gasteiger partial charge in [0.15, 0.2) is 11.4 Å². The lowest BCUT2D eigenvalue weighted by atomic mass is 9.95. The summed E-state index contributed by atoms with van der Waals surface area (Å²) in [5.41, 5.74) is -0.0269. The molecule has 0 unspecified atom stereocenters. The molecule has 4 N–H and O–H groups in total. The van der Waals surface area contributed by atoms with E-state index in [0.29, 0.717) is 10.7 Å². The first kappa shape index (κ1) is 18.9. The van der Waals surface area contributed by atoms with Crippen molar-refractivity contribution in [3.63, 3.8) is 0 Å². The van der Waals surface area contributed by atoms with E-state index in [2.05, 4.69) is 10.3 Å². The predicted molar refractivity (Wildman–Crippen MR) is 85.6 cm³/mol. The number of hydrogen-bond acceptors (Lipinski definition) is 8. The number of thioether (sulfide) groups is 1. The van der Waals surface area contributed by atoms with E-state index in [1.807, 2.05) is 0 Å². The molecule has 0 saturated carbocycles. The van der Waals surface area contributed by atoms with Gasteiger partial charge in [0, 0.05) is 18.7 Å². The number of carbonyl (C=O) groups excluding carboxylic acids is 1. The Labute approximate surface area is 142 Å². The van der Waals surface area contributed by atoms with Gasteiger partial charge >= 0.3 is 0 Å². The summed E-state index contributed by atoms with van der Waals surface area (Å²) < 4.78 is 7.20. The first-order valence-corrected chi connectivity index (χ1v) is 8.56. The summed E-state index contributed by atoms with van der Waals surface area (Å²) in [7, 11) is 0. The van der Waals surface area contributed by atoms with E-state index in [1.165, 1.54) is 29.4 Å². The number of aromatic nitrogens is 2. The van der Waals surface area contributed by atoms with E-state index >= 15 is 0 Å². The number of ether oxygens (including phenoxy) is 1. The molecule has 1 aliphatic heterocycles. The molecule has 0 radical (unpaired) electrons. The van der Waals surface area contributed by atoms with Gasteiger partial charge in [-0.25, -0.2) is 0 Å². The Morgan fingerprint density at radius 1 is 1.46 bits per heavy atom. The van der Waals surface area contributed by atoms with Crippen LogP contribution < -0.4 is 10.9 Å². The monoisotopic (exact) mass is 359 g/mol. The molecule has 1 fully saturated rings. The molecule has 2 heterocycles. The summed E-state index contributed by atoms with van der Waals surface area (Å²) in [6.07, 6.45) is -1.48. The summed E-state index contributed by atoms with van der Waals surface area (Å²) >= 11 is 1.20. The van der Waals surface area contributed by atoms with Crippen LogP contribution in [0.25, 0.3) is 0 Å². The molecule has 1 aliphatic rings. The average Bonchev–Trinajstić information content (AvgIpc) is 2.54. The van der Waals surface area contributed by atoms with Crippen molar-refractivity contribution in [1.82, 2.24) is 14.9 Å². The molecule has 9 nitrogen and oxygen atoms in total. The lowest BCUT2D eigenvalue weighted by Crippen LogP contribution is -2.62. The van der Waals surface area contributed by atoms with Crippen molar-refractivity contribution in [3.8, 4) is 0 Å². The maximum atomic E-state index is 11.8. The van der Waals surface area contributed by atoms with Gasteiger partial charge in [0.25, 0.3) is 5.56 Å². The third-order valence-corrected chi connectivity index (χ3v) is 4.48. The number of rotatable bonds is 4. The quantitative estimate of drug-likeness (QED) is 0.373. The molecular formula is C14H21N3O6S. The van der Waals surface area contributed by atoms with Crippen molar-refractivity contribution < 1.29 is 24.9 Å². The minimum absolute atomic E-state index is 0.325. The SMILES string of the molecule is CSc1nc(=O)c(C)cn1[C@@H]1O[C@H](CO)[C@@H](O)[C@H](O)[C@H]1NC(C)=O. The van der Waals surface area contributed by atoms with Crippen molar-refractivity contribution >= 4 is 17.7 Å². The van der Waals surface area contributed by atoms with Crippen LogP contribution in [0.4, 0.5) is 0 Å². The van der Waals surface area contributed by atoms with Crippen LogP contribution in [0, 0.1) is 6.92 Å². The fraction of sp³-hybridized carbons (Fsp3) is 0.643. The van der Waals surface area contributed by atoms with Gasteiger partial charge in [-0.3, -0.25) is 14.2 Å². The first-order chi connectivity index (χ1) is 11.3. The molecule has 0 aliphatic carbocycles. The van der Waals surface area contributed by atoms with Gasteiger partial charge in [-0.1, -0.05) is 11.8 Å². The first-order valence-electron chi connectivity index (χ1n) is 7.33. The number of aliphatic hydroxyl groups excluding tert-OH is 3. The number of aliphatic hydroxyl groups is 3. The maximum absolute atomic E-state index is 11.8. The third-order valence-electron chi connectivity index (χ3n) is 3.81. The van der Waals surface area contributed by atoms with E-state index in [4.69, 9.17) is 4.74 Å². The topological polar surface area (TPSA) is 134 Å². The second-order valence-electron chi connectivity index (χ2n) is 5.58. The number of carbonyl (C=O) groups is 1. The number of aryl methyl sites for hydroxylation is 1. The maximum Gasteiger partial charge on any atom is 0.276 e. The smallest absolute Gasteiger partial charge is 0.276 e. The molecule has 0 aromatic carbocycles. The molecule has 0 spiro atoms. The molecule has 24 heavy (non-hydrogen) atoms. The number of amides is 1. The Kier molecular flexibility index (Phi) is 5.99. The molecule has 0 bridgehead atoms. The zero-order valence-electron chi connectivity index (χ0n) is 13.5. The van der Waals surface area contributed by atoms with E-state index in [9.17, 15) is 24.9 Å². The molecule has 1 aromatic rings. The number of nitrogens with one attached hydrogen (secondary N) is 1. The molecule has 1 saturated heterocycles. The molecular weight excluding hydrogens is 338 g/mol.